The molecule has 1 aromatic carbocycles. The lowest BCUT2D eigenvalue weighted by Gasteiger charge is -2.13. The molecule has 0 amide bonds. The van der Waals surface area contributed by atoms with Gasteiger partial charge in [0, 0.05) is 11.1 Å². The molecular weight excluding hydrogens is 241 g/mol. The van der Waals surface area contributed by atoms with Crippen LogP contribution < -0.4 is 4.72 Å². The average Bonchev–Trinajstić information content (AvgIpc) is 1.99. The summed E-state index contributed by atoms with van der Waals surface area (Å²) in [6, 6.07) is 3.37. The maximum atomic E-state index is 12.7. The molecule has 1 rings (SSSR count). The van der Waals surface area contributed by atoms with Gasteiger partial charge >= 0.3 is 0 Å². The van der Waals surface area contributed by atoms with Crippen LogP contribution in [0.4, 0.5) is 4.39 Å². The van der Waals surface area contributed by atoms with Gasteiger partial charge in [0.05, 0.1) is 6.26 Å². The summed E-state index contributed by atoms with van der Waals surface area (Å²) in [4.78, 5) is 0. The van der Waals surface area contributed by atoms with Crippen molar-refractivity contribution in [2.24, 2.45) is 0 Å². The molecule has 1 N–H and O–H groups in total. The molecule has 0 saturated carbocycles. The second kappa shape index (κ2) is 4.47. The summed E-state index contributed by atoms with van der Waals surface area (Å²) in [6.07, 6.45) is 1.06. The van der Waals surface area contributed by atoms with Gasteiger partial charge in [-0.05, 0) is 24.6 Å². The Morgan fingerprint density at radius 3 is 2.53 bits per heavy atom. The van der Waals surface area contributed by atoms with Crippen LogP contribution in [0, 0.1) is 5.82 Å². The maximum absolute atomic E-state index is 12.7. The monoisotopic (exact) mass is 251 g/mol. The Morgan fingerprint density at radius 2 is 2.07 bits per heavy atom. The van der Waals surface area contributed by atoms with E-state index in [0.29, 0.717) is 5.56 Å². The van der Waals surface area contributed by atoms with Crippen LogP contribution in [0.15, 0.2) is 18.2 Å². The fraction of sp³-hybridized carbons (Fsp3) is 0.333. The summed E-state index contributed by atoms with van der Waals surface area (Å²) in [5.74, 6) is -0.449. The van der Waals surface area contributed by atoms with Gasteiger partial charge in [-0.1, -0.05) is 17.7 Å². The van der Waals surface area contributed by atoms with Gasteiger partial charge in [-0.25, -0.2) is 17.5 Å². The Morgan fingerprint density at radius 1 is 1.47 bits per heavy atom. The van der Waals surface area contributed by atoms with E-state index in [1.807, 2.05) is 0 Å². The summed E-state index contributed by atoms with van der Waals surface area (Å²) >= 11 is 5.78. The predicted molar refractivity (Wildman–Crippen MR) is 57.8 cm³/mol. The average molecular weight is 252 g/mol. The Balaban J connectivity index is 2.97. The molecule has 1 aromatic rings. The van der Waals surface area contributed by atoms with Gasteiger partial charge in [0.1, 0.15) is 5.82 Å². The number of benzene rings is 1. The lowest BCUT2D eigenvalue weighted by molar-refractivity contribution is 0.572. The van der Waals surface area contributed by atoms with Gasteiger partial charge in [0.2, 0.25) is 10.0 Å². The molecule has 0 radical (unpaired) electrons. The van der Waals surface area contributed by atoms with E-state index in [-0.39, 0.29) is 5.02 Å². The van der Waals surface area contributed by atoms with E-state index in [0.717, 1.165) is 12.3 Å². The zero-order valence-corrected chi connectivity index (χ0v) is 9.86. The molecule has 0 spiro atoms. The molecule has 0 aromatic heterocycles. The summed E-state index contributed by atoms with van der Waals surface area (Å²) in [5.41, 5.74) is 0.545. The van der Waals surface area contributed by atoms with Crippen LogP contribution in [0.25, 0.3) is 0 Å². The van der Waals surface area contributed by atoms with Crippen LogP contribution >= 0.6 is 11.6 Å². The first-order valence-electron chi connectivity index (χ1n) is 4.22. The highest BCUT2D eigenvalue weighted by atomic mass is 35.5. The molecule has 0 heterocycles. The standard InChI is InChI=1S/C9H11ClFNO2S/c1-6(12-15(2,13)14)8-4-3-7(11)5-9(8)10/h3-6,12H,1-2H3/t6-/m0/s1. The third-order valence-corrected chi connectivity index (χ3v) is 2.93. The first-order chi connectivity index (χ1) is 6.79. The highest BCUT2D eigenvalue weighted by molar-refractivity contribution is 7.88. The van der Waals surface area contributed by atoms with Crippen molar-refractivity contribution in [3.8, 4) is 0 Å². The number of hydrogen-bond acceptors (Lipinski definition) is 2. The minimum atomic E-state index is -3.30. The summed E-state index contributed by atoms with van der Waals surface area (Å²) in [7, 11) is -3.30. The molecule has 0 unspecified atom stereocenters. The summed E-state index contributed by atoms with van der Waals surface area (Å²) in [6.45, 7) is 1.64. The van der Waals surface area contributed by atoms with Gasteiger partial charge in [0.15, 0.2) is 0 Å². The fourth-order valence-electron chi connectivity index (χ4n) is 1.24. The summed E-state index contributed by atoms with van der Waals surface area (Å²) in [5, 5.41) is 0.207. The quantitative estimate of drug-likeness (QED) is 0.894. The van der Waals surface area contributed by atoms with Crippen LogP contribution in [-0.2, 0) is 10.0 Å². The van der Waals surface area contributed by atoms with Crippen molar-refractivity contribution in [3.05, 3.63) is 34.6 Å². The molecule has 0 saturated heterocycles. The Bertz CT molecular complexity index is 461. The number of rotatable bonds is 3. The van der Waals surface area contributed by atoms with Crippen molar-refractivity contribution in [1.82, 2.24) is 4.72 Å². The third kappa shape index (κ3) is 3.77. The van der Waals surface area contributed by atoms with Crippen molar-refractivity contribution in [3.63, 3.8) is 0 Å². The minimum absolute atomic E-state index is 0.207. The topological polar surface area (TPSA) is 46.2 Å². The largest absolute Gasteiger partial charge is 0.213 e. The molecule has 6 heteroatoms. The van der Waals surface area contributed by atoms with Gasteiger partial charge in [0.25, 0.3) is 0 Å². The Kier molecular flexibility index (Phi) is 3.70. The van der Waals surface area contributed by atoms with E-state index in [2.05, 4.69) is 4.72 Å². The number of sulfonamides is 1. The second-order valence-corrected chi connectivity index (χ2v) is 5.46. The zero-order chi connectivity index (χ0) is 11.6. The molecule has 84 valence electrons. The normalized spacial score (nSPS) is 13.9. The fourth-order valence-corrected chi connectivity index (χ4v) is 2.34. The first-order valence-corrected chi connectivity index (χ1v) is 6.49. The molecule has 0 aliphatic carbocycles. The van der Waals surface area contributed by atoms with E-state index < -0.39 is 21.9 Å². The molecule has 0 aliphatic heterocycles. The lowest BCUT2D eigenvalue weighted by Crippen LogP contribution is -2.25. The van der Waals surface area contributed by atoms with Crippen molar-refractivity contribution in [1.29, 1.82) is 0 Å². The van der Waals surface area contributed by atoms with Crippen molar-refractivity contribution in [2.75, 3.05) is 6.26 Å². The Labute approximate surface area is 93.3 Å². The zero-order valence-electron chi connectivity index (χ0n) is 8.29. The highest BCUT2D eigenvalue weighted by Crippen LogP contribution is 2.23. The van der Waals surface area contributed by atoms with Crippen LogP contribution in [0.3, 0.4) is 0 Å². The smallest absolute Gasteiger partial charge is 0.209 e. The van der Waals surface area contributed by atoms with Crippen molar-refractivity contribution in [2.45, 2.75) is 13.0 Å². The van der Waals surface area contributed by atoms with E-state index in [1.54, 1.807) is 6.92 Å². The number of nitrogens with one attached hydrogen (secondary N) is 1. The lowest BCUT2D eigenvalue weighted by atomic mass is 10.1. The molecule has 3 nitrogen and oxygen atoms in total. The van der Waals surface area contributed by atoms with Crippen molar-refractivity contribution >= 4 is 21.6 Å². The molecular formula is C9H11ClFNO2S. The van der Waals surface area contributed by atoms with E-state index in [4.69, 9.17) is 11.6 Å². The van der Waals surface area contributed by atoms with Gasteiger partial charge in [-0.3, -0.25) is 0 Å². The van der Waals surface area contributed by atoms with E-state index in [1.165, 1.54) is 12.1 Å². The summed E-state index contributed by atoms with van der Waals surface area (Å²) < 4.78 is 37.0. The maximum Gasteiger partial charge on any atom is 0.209 e. The molecule has 0 aliphatic rings. The van der Waals surface area contributed by atoms with Crippen LogP contribution in [0.2, 0.25) is 5.02 Å². The van der Waals surface area contributed by atoms with E-state index in [9.17, 15) is 12.8 Å². The van der Waals surface area contributed by atoms with Crippen LogP contribution in [-0.4, -0.2) is 14.7 Å². The van der Waals surface area contributed by atoms with Crippen molar-refractivity contribution < 1.29 is 12.8 Å². The third-order valence-electron chi connectivity index (χ3n) is 1.82. The number of hydrogen-bond donors (Lipinski definition) is 1. The van der Waals surface area contributed by atoms with Gasteiger partial charge in [-0.2, -0.15) is 0 Å². The van der Waals surface area contributed by atoms with E-state index >= 15 is 0 Å². The van der Waals surface area contributed by atoms with Gasteiger partial charge < -0.3 is 0 Å². The molecule has 15 heavy (non-hydrogen) atoms. The second-order valence-electron chi connectivity index (χ2n) is 3.28. The SMILES string of the molecule is C[C@H](NS(C)(=O)=O)c1ccc(F)cc1Cl. The molecule has 0 fully saturated rings. The minimum Gasteiger partial charge on any atom is -0.213 e. The first kappa shape index (κ1) is 12.4. The number of halogens is 2. The van der Waals surface area contributed by atoms with Crippen LogP contribution in [0.5, 0.6) is 0 Å². The Hall–Kier alpha value is -0.650. The van der Waals surface area contributed by atoms with Crippen LogP contribution in [0.1, 0.15) is 18.5 Å². The molecule has 0 bridgehead atoms. The highest BCUT2D eigenvalue weighted by Gasteiger charge is 2.13. The molecule has 1 atom stereocenters. The predicted octanol–water partition coefficient (Wildman–Crippen LogP) is 2.09. The van der Waals surface area contributed by atoms with Gasteiger partial charge in [-0.15, -0.1) is 0 Å².